The Morgan fingerprint density at radius 1 is 1.52 bits per heavy atom. The van der Waals surface area contributed by atoms with Gasteiger partial charge >= 0.3 is 0 Å². The molecule has 0 aromatic carbocycles. The van der Waals surface area contributed by atoms with Gasteiger partial charge in [-0.25, -0.2) is 0 Å². The predicted octanol–water partition coefficient (Wildman–Crippen LogP) is 1.35. The van der Waals surface area contributed by atoms with E-state index in [2.05, 4.69) is 15.5 Å². The van der Waals surface area contributed by atoms with Crippen molar-refractivity contribution in [3.63, 3.8) is 0 Å². The van der Waals surface area contributed by atoms with Crippen LogP contribution >= 0.6 is 0 Å². The molecule has 2 amide bonds. The van der Waals surface area contributed by atoms with Gasteiger partial charge in [-0.15, -0.1) is 0 Å². The van der Waals surface area contributed by atoms with Crippen molar-refractivity contribution in [2.45, 2.75) is 52.0 Å². The van der Waals surface area contributed by atoms with E-state index in [1.807, 2.05) is 11.8 Å². The monoisotopic (exact) mass is 294 g/mol. The molecule has 0 spiro atoms. The van der Waals surface area contributed by atoms with Crippen LogP contribution in [0.1, 0.15) is 56.8 Å². The number of nitrogens with zero attached hydrogens (tertiary/aromatic N) is 3. The lowest BCUT2D eigenvalue weighted by Gasteiger charge is -2.16. The van der Waals surface area contributed by atoms with Gasteiger partial charge in [-0.05, 0) is 26.2 Å². The number of hydrogen-bond donors (Lipinski definition) is 1. The van der Waals surface area contributed by atoms with Crippen LogP contribution in [0.4, 0.5) is 0 Å². The van der Waals surface area contributed by atoms with E-state index in [9.17, 15) is 9.59 Å². The Balaban J connectivity index is 1.74. The molecule has 1 aliphatic rings. The first-order valence-electron chi connectivity index (χ1n) is 7.47. The van der Waals surface area contributed by atoms with Crippen LogP contribution in [-0.4, -0.2) is 39.9 Å². The van der Waals surface area contributed by atoms with E-state index in [0.29, 0.717) is 43.9 Å². The summed E-state index contributed by atoms with van der Waals surface area (Å²) in [7, 11) is 0. The zero-order valence-electron chi connectivity index (χ0n) is 12.6. The van der Waals surface area contributed by atoms with Gasteiger partial charge in [0, 0.05) is 25.9 Å². The van der Waals surface area contributed by atoms with E-state index in [1.165, 1.54) is 0 Å². The van der Waals surface area contributed by atoms with E-state index in [1.54, 1.807) is 6.92 Å². The molecule has 0 radical (unpaired) electrons. The Morgan fingerprint density at radius 3 is 2.90 bits per heavy atom. The van der Waals surface area contributed by atoms with Crippen molar-refractivity contribution >= 4 is 11.8 Å². The number of carbonyl (C=O) groups excluding carboxylic acids is 2. The van der Waals surface area contributed by atoms with Crippen molar-refractivity contribution in [2.75, 3.05) is 13.1 Å². The Kier molecular flexibility index (Phi) is 5.30. The molecule has 7 heteroatoms. The molecule has 21 heavy (non-hydrogen) atoms. The minimum absolute atomic E-state index is 0.0515. The molecular weight excluding hydrogens is 272 g/mol. The summed E-state index contributed by atoms with van der Waals surface area (Å²) in [6.45, 7) is 5.17. The first-order valence-corrected chi connectivity index (χ1v) is 7.47. The van der Waals surface area contributed by atoms with Crippen LogP contribution < -0.4 is 5.32 Å². The van der Waals surface area contributed by atoms with Crippen LogP contribution in [0.3, 0.4) is 0 Å². The number of aryl methyl sites for hydroxylation is 1. The molecule has 0 unspecified atom stereocenters. The molecule has 0 bridgehead atoms. The predicted molar refractivity (Wildman–Crippen MR) is 75.3 cm³/mol. The summed E-state index contributed by atoms with van der Waals surface area (Å²) in [6, 6.07) is -0.243. The minimum Gasteiger partial charge on any atom is -0.344 e. The summed E-state index contributed by atoms with van der Waals surface area (Å²) < 4.78 is 5.09. The van der Waals surface area contributed by atoms with Crippen LogP contribution in [0, 0.1) is 6.92 Å². The highest BCUT2D eigenvalue weighted by Crippen LogP contribution is 2.15. The molecule has 1 fully saturated rings. The summed E-state index contributed by atoms with van der Waals surface area (Å²) in [5, 5.41) is 6.63. The average Bonchev–Trinajstić information content (AvgIpc) is 3.05. The fourth-order valence-electron chi connectivity index (χ4n) is 2.43. The average molecular weight is 294 g/mol. The number of likely N-dealkylation sites (tertiary alicyclic amines) is 1. The van der Waals surface area contributed by atoms with Crippen molar-refractivity contribution in [3.8, 4) is 0 Å². The zero-order chi connectivity index (χ0) is 15.2. The van der Waals surface area contributed by atoms with Gasteiger partial charge in [0.05, 0.1) is 0 Å². The standard InChI is InChI=1S/C14H22N4O3/c1-3-11(14-15-10(2)17-21-14)16-12(19)6-4-8-18-9-5-7-13(18)20/h11H,3-9H2,1-2H3,(H,16,19)/t11-/m1/s1. The maximum Gasteiger partial charge on any atom is 0.249 e. The molecule has 116 valence electrons. The lowest BCUT2D eigenvalue weighted by molar-refractivity contribution is -0.128. The highest BCUT2D eigenvalue weighted by molar-refractivity contribution is 5.78. The molecule has 0 aliphatic carbocycles. The molecule has 1 atom stereocenters. The number of nitrogens with one attached hydrogen (secondary N) is 1. The maximum absolute atomic E-state index is 11.9. The molecule has 1 saturated heterocycles. The molecule has 1 aliphatic heterocycles. The number of carbonyl (C=O) groups is 2. The van der Waals surface area contributed by atoms with Gasteiger partial charge in [0.15, 0.2) is 5.82 Å². The van der Waals surface area contributed by atoms with Gasteiger partial charge in [0.1, 0.15) is 6.04 Å². The van der Waals surface area contributed by atoms with E-state index in [4.69, 9.17) is 4.52 Å². The molecule has 0 saturated carbocycles. The highest BCUT2D eigenvalue weighted by atomic mass is 16.5. The molecule has 1 aromatic heterocycles. The quantitative estimate of drug-likeness (QED) is 0.820. The summed E-state index contributed by atoms with van der Waals surface area (Å²) in [4.78, 5) is 29.4. The van der Waals surface area contributed by atoms with Gasteiger partial charge < -0.3 is 14.7 Å². The minimum atomic E-state index is -0.243. The first kappa shape index (κ1) is 15.5. The van der Waals surface area contributed by atoms with Crippen LogP contribution in [-0.2, 0) is 9.59 Å². The second-order valence-corrected chi connectivity index (χ2v) is 5.30. The maximum atomic E-state index is 11.9. The number of hydrogen-bond acceptors (Lipinski definition) is 5. The SMILES string of the molecule is CC[C@@H](NC(=O)CCCN1CCCC1=O)c1nc(C)no1. The van der Waals surface area contributed by atoms with Crippen molar-refractivity contribution in [3.05, 3.63) is 11.7 Å². The van der Waals surface area contributed by atoms with E-state index < -0.39 is 0 Å². The second-order valence-electron chi connectivity index (χ2n) is 5.30. The van der Waals surface area contributed by atoms with Crippen LogP contribution in [0.25, 0.3) is 0 Å². The smallest absolute Gasteiger partial charge is 0.249 e. The largest absolute Gasteiger partial charge is 0.344 e. The third-order valence-corrected chi connectivity index (χ3v) is 3.59. The van der Waals surface area contributed by atoms with Crippen LogP contribution in [0.2, 0.25) is 0 Å². The van der Waals surface area contributed by atoms with E-state index in [-0.39, 0.29) is 17.9 Å². The van der Waals surface area contributed by atoms with Crippen molar-refractivity contribution < 1.29 is 14.1 Å². The van der Waals surface area contributed by atoms with Gasteiger partial charge in [0.2, 0.25) is 17.7 Å². The number of rotatable bonds is 7. The molecular formula is C14H22N4O3. The molecule has 2 rings (SSSR count). The fourth-order valence-corrected chi connectivity index (χ4v) is 2.43. The Labute approximate surface area is 124 Å². The van der Waals surface area contributed by atoms with Gasteiger partial charge in [0.25, 0.3) is 0 Å². The Bertz CT molecular complexity index is 500. The van der Waals surface area contributed by atoms with E-state index >= 15 is 0 Å². The lowest BCUT2D eigenvalue weighted by Crippen LogP contribution is -2.30. The first-order chi connectivity index (χ1) is 10.1. The summed E-state index contributed by atoms with van der Waals surface area (Å²) in [5.74, 6) is 1.15. The van der Waals surface area contributed by atoms with Crippen molar-refractivity contribution in [2.24, 2.45) is 0 Å². The fraction of sp³-hybridized carbons (Fsp3) is 0.714. The third-order valence-electron chi connectivity index (χ3n) is 3.59. The Hall–Kier alpha value is -1.92. The summed E-state index contributed by atoms with van der Waals surface area (Å²) >= 11 is 0. The molecule has 1 N–H and O–H groups in total. The Morgan fingerprint density at radius 2 is 2.33 bits per heavy atom. The summed E-state index contributed by atoms with van der Waals surface area (Å²) in [5.41, 5.74) is 0. The van der Waals surface area contributed by atoms with Crippen molar-refractivity contribution in [1.29, 1.82) is 0 Å². The van der Waals surface area contributed by atoms with Gasteiger partial charge in [-0.1, -0.05) is 12.1 Å². The topological polar surface area (TPSA) is 88.3 Å². The third kappa shape index (κ3) is 4.27. The number of amides is 2. The second kappa shape index (κ2) is 7.19. The molecule has 2 heterocycles. The molecule has 7 nitrogen and oxygen atoms in total. The summed E-state index contributed by atoms with van der Waals surface area (Å²) in [6.07, 6.45) is 3.34. The number of aromatic nitrogens is 2. The highest BCUT2D eigenvalue weighted by Gasteiger charge is 2.21. The van der Waals surface area contributed by atoms with Gasteiger partial charge in [-0.3, -0.25) is 9.59 Å². The lowest BCUT2D eigenvalue weighted by atomic mass is 10.2. The van der Waals surface area contributed by atoms with Gasteiger partial charge in [-0.2, -0.15) is 4.98 Å². The normalized spacial score (nSPS) is 16.3. The zero-order valence-corrected chi connectivity index (χ0v) is 12.6. The van der Waals surface area contributed by atoms with Crippen LogP contribution in [0.15, 0.2) is 4.52 Å². The van der Waals surface area contributed by atoms with Crippen molar-refractivity contribution in [1.82, 2.24) is 20.4 Å². The van der Waals surface area contributed by atoms with E-state index in [0.717, 1.165) is 13.0 Å². The molecule has 1 aromatic rings. The van der Waals surface area contributed by atoms with Crippen LogP contribution in [0.5, 0.6) is 0 Å².